The Labute approximate surface area is 213 Å². The Morgan fingerprint density at radius 3 is 2.32 bits per heavy atom. The molecule has 0 aliphatic carbocycles. The van der Waals surface area contributed by atoms with Gasteiger partial charge in [-0.25, -0.2) is 0 Å². The summed E-state index contributed by atoms with van der Waals surface area (Å²) in [5.74, 6) is -2.68. The first-order valence-electron chi connectivity index (χ1n) is 10.7. The summed E-state index contributed by atoms with van der Waals surface area (Å²) in [5, 5.41) is 2.91. The maximum absolute atomic E-state index is 13.8. The Kier molecular flexibility index (Phi) is 7.30. The molecule has 0 aliphatic rings. The summed E-state index contributed by atoms with van der Waals surface area (Å²) in [6, 6.07) is 14.3. The summed E-state index contributed by atoms with van der Waals surface area (Å²) < 4.78 is 62.0. The highest BCUT2D eigenvalue weighted by Crippen LogP contribution is 2.39. The van der Waals surface area contributed by atoms with Crippen molar-refractivity contribution in [1.82, 2.24) is 0 Å². The number of carbonyl (C=O) groups is 1. The zero-order valence-electron chi connectivity index (χ0n) is 19.4. The quantitative estimate of drug-likeness (QED) is 0.288. The smallest absolute Gasteiger partial charge is 0.453 e. The van der Waals surface area contributed by atoms with Gasteiger partial charge in [0.2, 0.25) is 11.2 Å². The lowest BCUT2D eigenvalue weighted by Gasteiger charge is -2.14. The van der Waals surface area contributed by atoms with Crippen LogP contribution in [0.15, 0.2) is 69.9 Å². The molecule has 4 aromatic rings. The van der Waals surface area contributed by atoms with E-state index in [2.05, 4.69) is 5.32 Å². The Morgan fingerprint density at radius 1 is 1.00 bits per heavy atom. The molecule has 1 heterocycles. The molecule has 0 radical (unpaired) electrons. The van der Waals surface area contributed by atoms with Crippen LogP contribution in [-0.4, -0.2) is 19.6 Å². The van der Waals surface area contributed by atoms with E-state index in [1.165, 1.54) is 43.5 Å². The van der Waals surface area contributed by atoms with Gasteiger partial charge >= 0.3 is 6.18 Å². The van der Waals surface area contributed by atoms with Crippen LogP contribution in [0, 0.1) is 6.92 Å². The summed E-state index contributed by atoms with van der Waals surface area (Å²) in [6.45, 7) is 1.36. The fraction of sp³-hybridized carbons (Fsp3) is 0.154. The number of amides is 1. The van der Waals surface area contributed by atoms with E-state index >= 15 is 0 Å². The third-order valence-corrected chi connectivity index (χ3v) is 5.59. The van der Waals surface area contributed by atoms with Gasteiger partial charge in [-0.2, -0.15) is 13.2 Å². The number of hydrogen-bond donors (Lipinski definition) is 1. The van der Waals surface area contributed by atoms with Crippen molar-refractivity contribution >= 4 is 34.2 Å². The minimum absolute atomic E-state index is 0.0150. The second kappa shape index (κ2) is 10.4. The summed E-state index contributed by atoms with van der Waals surface area (Å²) in [7, 11) is 1.43. The van der Waals surface area contributed by atoms with E-state index in [1.807, 2.05) is 6.92 Å². The molecule has 37 heavy (non-hydrogen) atoms. The van der Waals surface area contributed by atoms with Crippen molar-refractivity contribution in [1.29, 1.82) is 0 Å². The van der Waals surface area contributed by atoms with E-state index in [0.717, 1.165) is 11.6 Å². The molecule has 1 N–H and O–H groups in total. The van der Waals surface area contributed by atoms with Crippen molar-refractivity contribution in [2.24, 2.45) is 0 Å². The summed E-state index contributed by atoms with van der Waals surface area (Å²) in [5.41, 5.74) is -0.121. The van der Waals surface area contributed by atoms with Crippen LogP contribution in [0.25, 0.3) is 11.0 Å². The van der Waals surface area contributed by atoms with Crippen LogP contribution in [-0.2, 0) is 11.0 Å². The molecule has 192 valence electrons. The maximum Gasteiger partial charge on any atom is 0.453 e. The molecule has 0 spiro atoms. The number of anilines is 1. The van der Waals surface area contributed by atoms with Crippen LogP contribution in [0.3, 0.4) is 0 Å². The summed E-state index contributed by atoms with van der Waals surface area (Å²) in [4.78, 5) is 25.1. The fourth-order valence-electron chi connectivity index (χ4n) is 3.30. The molecule has 0 saturated heterocycles. The number of ether oxygens (including phenoxy) is 3. The number of aryl methyl sites for hydroxylation is 1. The van der Waals surface area contributed by atoms with Gasteiger partial charge in [-0.05, 0) is 61.0 Å². The zero-order valence-corrected chi connectivity index (χ0v) is 20.2. The normalized spacial score (nSPS) is 11.3. The van der Waals surface area contributed by atoms with Crippen LogP contribution in [0.2, 0.25) is 5.02 Å². The summed E-state index contributed by atoms with van der Waals surface area (Å²) in [6.07, 6.45) is -5.03. The number of hydrogen-bond acceptors (Lipinski definition) is 6. The Morgan fingerprint density at radius 2 is 1.68 bits per heavy atom. The average molecular weight is 534 g/mol. The van der Waals surface area contributed by atoms with Crippen molar-refractivity contribution in [2.75, 3.05) is 19.0 Å². The van der Waals surface area contributed by atoms with Crippen LogP contribution in [0.5, 0.6) is 23.0 Å². The van der Waals surface area contributed by atoms with Crippen molar-refractivity contribution < 1.29 is 36.6 Å². The third kappa shape index (κ3) is 5.97. The van der Waals surface area contributed by atoms with Crippen molar-refractivity contribution in [2.45, 2.75) is 13.1 Å². The first kappa shape index (κ1) is 25.9. The van der Waals surface area contributed by atoms with E-state index in [1.54, 1.807) is 18.2 Å². The molecule has 0 unspecified atom stereocenters. The van der Waals surface area contributed by atoms with E-state index in [4.69, 9.17) is 30.2 Å². The number of rotatable bonds is 7. The number of nitrogens with one attached hydrogen (secondary N) is 1. The first-order chi connectivity index (χ1) is 17.5. The highest BCUT2D eigenvalue weighted by Gasteiger charge is 2.40. The predicted octanol–water partition coefficient (Wildman–Crippen LogP) is 6.59. The number of methoxy groups -OCH3 is 1. The molecule has 3 aromatic carbocycles. The lowest BCUT2D eigenvalue weighted by atomic mass is 10.2. The van der Waals surface area contributed by atoms with Gasteiger partial charge < -0.3 is 23.9 Å². The number of halogens is 4. The zero-order chi connectivity index (χ0) is 26.7. The molecule has 11 heteroatoms. The molecular formula is C26H19ClF3NO6. The standard InChI is InChI=1S/C26H19ClF3NO6/c1-14-3-4-15(11-20(14)27)31-22(32)13-35-18-9-10-19-21(12-18)37-25(26(28,29)30)24(23(19)33)36-17-7-5-16(34-2)6-8-17/h3-12H,13H2,1-2H3,(H,31,32). The van der Waals surface area contributed by atoms with Gasteiger partial charge in [-0.3, -0.25) is 9.59 Å². The van der Waals surface area contributed by atoms with Gasteiger partial charge in [0, 0.05) is 16.8 Å². The van der Waals surface area contributed by atoms with Crippen LogP contribution in [0.4, 0.5) is 18.9 Å². The Bertz CT molecular complexity index is 1520. The van der Waals surface area contributed by atoms with Crippen molar-refractivity contribution in [3.63, 3.8) is 0 Å². The molecule has 4 rings (SSSR count). The van der Waals surface area contributed by atoms with Gasteiger partial charge in [-0.1, -0.05) is 17.7 Å². The second-order valence-corrected chi connectivity index (χ2v) is 8.23. The van der Waals surface area contributed by atoms with E-state index in [9.17, 15) is 22.8 Å². The minimum Gasteiger partial charge on any atom is -0.497 e. The molecule has 0 saturated carbocycles. The SMILES string of the molecule is COc1ccc(Oc2c(C(F)(F)F)oc3cc(OCC(=O)Nc4ccc(C)c(Cl)c4)ccc3c2=O)cc1. The fourth-order valence-corrected chi connectivity index (χ4v) is 3.48. The molecule has 1 aromatic heterocycles. The van der Waals surface area contributed by atoms with E-state index < -0.39 is 35.6 Å². The topological polar surface area (TPSA) is 87.0 Å². The molecule has 0 atom stereocenters. The summed E-state index contributed by atoms with van der Waals surface area (Å²) >= 11 is 6.04. The van der Waals surface area contributed by atoms with Gasteiger partial charge in [-0.15, -0.1) is 0 Å². The molecule has 0 bridgehead atoms. The lowest BCUT2D eigenvalue weighted by molar-refractivity contribution is -0.154. The number of alkyl halides is 3. The number of benzene rings is 3. The average Bonchev–Trinajstić information content (AvgIpc) is 2.86. The Balaban J connectivity index is 1.58. The lowest BCUT2D eigenvalue weighted by Crippen LogP contribution is -2.20. The molecule has 0 fully saturated rings. The molecule has 0 aliphatic heterocycles. The van der Waals surface area contributed by atoms with E-state index in [-0.39, 0.29) is 22.5 Å². The van der Waals surface area contributed by atoms with Crippen LogP contribution >= 0.6 is 11.6 Å². The monoisotopic (exact) mass is 533 g/mol. The maximum atomic E-state index is 13.8. The van der Waals surface area contributed by atoms with Gasteiger partial charge in [0.15, 0.2) is 6.61 Å². The molecule has 1 amide bonds. The van der Waals surface area contributed by atoms with Gasteiger partial charge in [0.05, 0.1) is 12.5 Å². The minimum atomic E-state index is -5.03. The molecular weight excluding hydrogens is 515 g/mol. The third-order valence-electron chi connectivity index (χ3n) is 5.18. The van der Waals surface area contributed by atoms with Crippen LogP contribution < -0.4 is 25.0 Å². The first-order valence-corrected chi connectivity index (χ1v) is 11.1. The largest absolute Gasteiger partial charge is 0.497 e. The van der Waals surface area contributed by atoms with Gasteiger partial charge in [0.25, 0.3) is 11.7 Å². The van der Waals surface area contributed by atoms with E-state index in [0.29, 0.717) is 16.5 Å². The Hall–Kier alpha value is -4.18. The number of fused-ring (bicyclic) bond motifs is 1. The van der Waals surface area contributed by atoms with Crippen molar-refractivity contribution in [3.8, 4) is 23.0 Å². The van der Waals surface area contributed by atoms with Gasteiger partial charge in [0.1, 0.15) is 22.8 Å². The highest BCUT2D eigenvalue weighted by atomic mass is 35.5. The van der Waals surface area contributed by atoms with Crippen molar-refractivity contribution in [3.05, 3.63) is 87.2 Å². The molecule has 7 nitrogen and oxygen atoms in total. The highest BCUT2D eigenvalue weighted by molar-refractivity contribution is 6.31. The second-order valence-electron chi connectivity index (χ2n) is 7.82. The number of carbonyl (C=O) groups excluding carboxylic acids is 1. The predicted molar refractivity (Wildman–Crippen MR) is 131 cm³/mol. The van der Waals surface area contributed by atoms with Crippen LogP contribution in [0.1, 0.15) is 11.3 Å².